The number of nitrogens with two attached hydrogens (primary N) is 1. The molecule has 19 heavy (non-hydrogen) atoms. The van der Waals surface area contributed by atoms with Gasteiger partial charge in [0.25, 0.3) is 0 Å². The van der Waals surface area contributed by atoms with E-state index in [-0.39, 0.29) is 19.4 Å². The van der Waals surface area contributed by atoms with E-state index in [4.69, 9.17) is 5.73 Å². The monoisotopic (exact) mass is 278 g/mol. The van der Waals surface area contributed by atoms with Gasteiger partial charge in [-0.3, -0.25) is 9.48 Å². The van der Waals surface area contributed by atoms with E-state index < -0.39 is 24.5 Å². The SMILES string of the molecule is Cn1cc(C(N)C(=O)NCCCCC(F)(F)F)cn1. The van der Waals surface area contributed by atoms with Crippen LogP contribution in [0.4, 0.5) is 13.2 Å². The maximum atomic E-state index is 11.9. The van der Waals surface area contributed by atoms with E-state index in [2.05, 4.69) is 10.4 Å². The molecule has 3 N–H and O–H groups in total. The van der Waals surface area contributed by atoms with Gasteiger partial charge in [0, 0.05) is 31.8 Å². The Morgan fingerprint density at radius 1 is 1.53 bits per heavy atom. The Morgan fingerprint density at radius 2 is 2.21 bits per heavy atom. The van der Waals surface area contributed by atoms with Gasteiger partial charge < -0.3 is 11.1 Å². The van der Waals surface area contributed by atoms with Crippen LogP contribution in [0.25, 0.3) is 0 Å². The number of aryl methyl sites for hydroxylation is 1. The largest absolute Gasteiger partial charge is 0.389 e. The van der Waals surface area contributed by atoms with Gasteiger partial charge in [-0.05, 0) is 12.8 Å². The van der Waals surface area contributed by atoms with Crippen LogP contribution in [-0.2, 0) is 11.8 Å². The molecule has 8 heteroatoms. The van der Waals surface area contributed by atoms with Crippen LogP contribution in [-0.4, -0.2) is 28.4 Å². The summed E-state index contributed by atoms with van der Waals surface area (Å²) < 4.78 is 37.1. The number of hydrogen-bond donors (Lipinski definition) is 2. The number of nitrogens with one attached hydrogen (secondary N) is 1. The molecular formula is C11H17F3N4O. The fourth-order valence-electron chi connectivity index (χ4n) is 1.52. The van der Waals surface area contributed by atoms with Crippen molar-refractivity contribution < 1.29 is 18.0 Å². The van der Waals surface area contributed by atoms with Crippen molar-refractivity contribution in [2.45, 2.75) is 31.5 Å². The summed E-state index contributed by atoms with van der Waals surface area (Å²) in [5, 5.41) is 6.40. The van der Waals surface area contributed by atoms with Crippen LogP contribution in [0.2, 0.25) is 0 Å². The fraction of sp³-hybridized carbons (Fsp3) is 0.636. The Hall–Kier alpha value is -1.57. The fourth-order valence-corrected chi connectivity index (χ4v) is 1.52. The minimum absolute atomic E-state index is 0.00803. The molecule has 0 saturated heterocycles. The number of alkyl halides is 3. The maximum Gasteiger partial charge on any atom is 0.389 e. The van der Waals surface area contributed by atoms with Crippen LogP contribution >= 0.6 is 0 Å². The van der Waals surface area contributed by atoms with Gasteiger partial charge in [0.15, 0.2) is 0 Å². The molecule has 1 heterocycles. The summed E-state index contributed by atoms with van der Waals surface area (Å²) in [5.41, 5.74) is 6.26. The van der Waals surface area contributed by atoms with Crippen molar-refractivity contribution in [3.63, 3.8) is 0 Å². The van der Waals surface area contributed by atoms with Crippen LogP contribution < -0.4 is 11.1 Å². The highest BCUT2D eigenvalue weighted by molar-refractivity contribution is 5.82. The van der Waals surface area contributed by atoms with Crippen molar-refractivity contribution >= 4 is 5.91 Å². The molecule has 0 aromatic carbocycles. The van der Waals surface area contributed by atoms with Crippen molar-refractivity contribution in [2.75, 3.05) is 6.54 Å². The molecule has 1 rings (SSSR count). The standard InChI is InChI=1S/C11H17F3N4O/c1-18-7-8(6-17-18)9(15)10(19)16-5-3-2-4-11(12,13)14/h6-7,9H,2-5,15H2,1H3,(H,16,19). The number of hydrogen-bond acceptors (Lipinski definition) is 3. The van der Waals surface area contributed by atoms with Gasteiger partial charge in [0.1, 0.15) is 6.04 Å². The molecule has 0 aliphatic carbocycles. The zero-order valence-electron chi connectivity index (χ0n) is 10.6. The number of aromatic nitrogens is 2. The first-order chi connectivity index (χ1) is 8.79. The number of amides is 1. The predicted molar refractivity (Wildman–Crippen MR) is 63.1 cm³/mol. The third kappa shape index (κ3) is 5.73. The Morgan fingerprint density at radius 3 is 2.74 bits per heavy atom. The van der Waals surface area contributed by atoms with Crippen LogP contribution in [0.5, 0.6) is 0 Å². The molecule has 108 valence electrons. The van der Waals surface area contributed by atoms with E-state index in [0.717, 1.165) is 0 Å². The van der Waals surface area contributed by atoms with E-state index in [1.165, 1.54) is 10.9 Å². The molecule has 0 radical (unpaired) electrons. The first kappa shape index (κ1) is 15.5. The quantitative estimate of drug-likeness (QED) is 0.770. The molecule has 1 atom stereocenters. The molecule has 0 aliphatic rings. The summed E-state index contributed by atoms with van der Waals surface area (Å²) in [4.78, 5) is 11.6. The summed E-state index contributed by atoms with van der Waals surface area (Å²) in [6.45, 7) is 0.183. The Labute approximate surface area is 109 Å². The van der Waals surface area contributed by atoms with Crippen molar-refractivity contribution in [2.24, 2.45) is 12.8 Å². The summed E-state index contributed by atoms with van der Waals surface area (Å²) in [6, 6.07) is -0.851. The smallest absolute Gasteiger partial charge is 0.354 e. The molecule has 0 bridgehead atoms. The van der Waals surface area contributed by atoms with Gasteiger partial charge in [-0.15, -0.1) is 0 Å². The molecule has 0 saturated carbocycles. The van der Waals surface area contributed by atoms with Crippen molar-refractivity contribution in [1.29, 1.82) is 0 Å². The zero-order valence-corrected chi connectivity index (χ0v) is 10.6. The average molecular weight is 278 g/mol. The number of nitrogens with zero attached hydrogens (tertiary/aromatic N) is 2. The van der Waals surface area contributed by atoms with E-state index in [9.17, 15) is 18.0 Å². The van der Waals surface area contributed by atoms with Gasteiger partial charge in [0.2, 0.25) is 5.91 Å². The molecule has 5 nitrogen and oxygen atoms in total. The highest BCUT2D eigenvalue weighted by atomic mass is 19.4. The second kappa shape index (κ2) is 6.55. The topological polar surface area (TPSA) is 72.9 Å². The van der Waals surface area contributed by atoms with E-state index in [1.54, 1.807) is 13.2 Å². The van der Waals surface area contributed by atoms with Gasteiger partial charge >= 0.3 is 6.18 Å². The minimum Gasteiger partial charge on any atom is -0.354 e. The Kier molecular flexibility index (Phi) is 5.34. The number of halogens is 3. The second-order valence-corrected chi connectivity index (χ2v) is 4.29. The predicted octanol–water partition coefficient (Wildman–Crippen LogP) is 1.27. The third-order valence-corrected chi connectivity index (χ3v) is 2.55. The van der Waals surface area contributed by atoms with Crippen molar-refractivity contribution in [3.8, 4) is 0 Å². The van der Waals surface area contributed by atoms with Crippen LogP contribution in [0, 0.1) is 0 Å². The molecule has 0 fully saturated rings. The van der Waals surface area contributed by atoms with E-state index in [0.29, 0.717) is 5.56 Å². The van der Waals surface area contributed by atoms with Gasteiger partial charge in [-0.1, -0.05) is 0 Å². The molecule has 1 aromatic heterocycles. The molecule has 1 amide bonds. The minimum atomic E-state index is -4.14. The lowest BCUT2D eigenvalue weighted by molar-refractivity contribution is -0.135. The van der Waals surface area contributed by atoms with Gasteiger partial charge in [-0.2, -0.15) is 18.3 Å². The normalized spacial score (nSPS) is 13.3. The summed E-state index contributed by atoms with van der Waals surface area (Å²) >= 11 is 0. The highest BCUT2D eigenvalue weighted by Gasteiger charge is 2.25. The van der Waals surface area contributed by atoms with E-state index in [1.807, 2.05) is 0 Å². The summed E-state index contributed by atoms with van der Waals surface area (Å²) in [7, 11) is 1.70. The maximum absolute atomic E-state index is 11.9. The Balaban J connectivity index is 2.24. The average Bonchev–Trinajstić information content (AvgIpc) is 2.72. The molecular weight excluding hydrogens is 261 g/mol. The lowest BCUT2D eigenvalue weighted by Gasteiger charge is -2.11. The third-order valence-electron chi connectivity index (χ3n) is 2.55. The molecule has 1 aromatic rings. The molecule has 0 spiro atoms. The van der Waals surface area contributed by atoms with E-state index >= 15 is 0 Å². The summed E-state index contributed by atoms with van der Waals surface area (Å²) in [5.74, 6) is -0.417. The number of rotatable bonds is 6. The first-order valence-electron chi connectivity index (χ1n) is 5.88. The summed E-state index contributed by atoms with van der Waals surface area (Å²) in [6.07, 6.45) is -1.62. The van der Waals surface area contributed by atoms with Crippen molar-refractivity contribution in [1.82, 2.24) is 15.1 Å². The lowest BCUT2D eigenvalue weighted by atomic mass is 10.1. The van der Waals surface area contributed by atoms with Crippen molar-refractivity contribution in [3.05, 3.63) is 18.0 Å². The number of carbonyl (C=O) groups is 1. The second-order valence-electron chi connectivity index (χ2n) is 4.29. The number of unbranched alkanes of at least 4 members (excludes halogenated alkanes) is 1. The molecule has 1 unspecified atom stereocenters. The van der Waals surface area contributed by atoms with Gasteiger partial charge in [-0.25, -0.2) is 0 Å². The number of carbonyl (C=O) groups excluding carboxylic acids is 1. The lowest BCUT2D eigenvalue weighted by Crippen LogP contribution is -2.34. The van der Waals surface area contributed by atoms with Crippen LogP contribution in [0.3, 0.4) is 0 Å². The molecule has 0 aliphatic heterocycles. The zero-order chi connectivity index (χ0) is 14.5. The highest BCUT2D eigenvalue weighted by Crippen LogP contribution is 2.21. The first-order valence-corrected chi connectivity index (χ1v) is 5.88. The Bertz CT molecular complexity index is 416. The van der Waals surface area contributed by atoms with Gasteiger partial charge in [0.05, 0.1) is 6.20 Å². The van der Waals surface area contributed by atoms with Crippen LogP contribution in [0.15, 0.2) is 12.4 Å². The van der Waals surface area contributed by atoms with Crippen LogP contribution in [0.1, 0.15) is 30.9 Å².